The average molecular weight is 113 g/mol. The first kappa shape index (κ1) is 7.70. The third kappa shape index (κ3) is 5.70. The Bertz CT molecular complexity index is 57.4. The lowest BCUT2D eigenvalue weighted by Gasteiger charge is -1.85. The molecule has 0 unspecified atom stereocenters. The van der Waals surface area contributed by atoms with Gasteiger partial charge in [0.15, 0.2) is 0 Å². The van der Waals surface area contributed by atoms with Gasteiger partial charge in [-0.2, -0.15) is 0 Å². The van der Waals surface area contributed by atoms with E-state index in [1.807, 2.05) is 0 Å². The summed E-state index contributed by atoms with van der Waals surface area (Å²) in [6.45, 7) is 2.95. The van der Waals surface area contributed by atoms with Crippen LogP contribution in [0.5, 0.6) is 0 Å². The smallest absolute Gasteiger partial charge is 0.00743 e. The van der Waals surface area contributed by atoms with E-state index in [9.17, 15) is 0 Å². The van der Waals surface area contributed by atoms with Crippen LogP contribution in [-0.2, 0) is 0 Å². The van der Waals surface area contributed by atoms with Crippen molar-refractivity contribution in [3.8, 4) is 0 Å². The molecule has 0 aromatic rings. The van der Waals surface area contributed by atoms with Crippen LogP contribution in [0, 0.1) is 0 Å². The van der Waals surface area contributed by atoms with Crippen LogP contribution < -0.4 is 5.73 Å². The summed E-state index contributed by atoms with van der Waals surface area (Å²) < 4.78 is 0. The molecule has 1 heteroatoms. The fourth-order valence-corrected chi connectivity index (χ4v) is 0.520. The standard InChI is InChI=1S/C7H15N/c1-2-3-4-5-6-7-8/h3-4H,2,5-8H2,1H3/b4-3-. The van der Waals surface area contributed by atoms with Gasteiger partial charge in [-0.15, -0.1) is 0 Å². The molecule has 0 bridgehead atoms. The zero-order chi connectivity index (χ0) is 6.24. The second kappa shape index (κ2) is 6.70. The fraction of sp³-hybridized carbons (Fsp3) is 0.714. The minimum atomic E-state index is 0.814. The highest BCUT2D eigenvalue weighted by Crippen LogP contribution is 1.88. The summed E-state index contributed by atoms with van der Waals surface area (Å²) in [6.07, 6.45) is 7.77. The Morgan fingerprint density at radius 2 is 2.12 bits per heavy atom. The normalized spacial score (nSPS) is 10.8. The van der Waals surface area contributed by atoms with Crippen LogP contribution in [0.15, 0.2) is 12.2 Å². The predicted octanol–water partition coefficient (Wildman–Crippen LogP) is 1.69. The molecule has 0 radical (unpaired) electrons. The predicted molar refractivity (Wildman–Crippen MR) is 37.7 cm³/mol. The van der Waals surface area contributed by atoms with Gasteiger partial charge in [-0.3, -0.25) is 0 Å². The van der Waals surface area contributed by atoms with E-state index in [1.165, 1.54) is 0 Å². The van der Waals surface area contributed by atoms with Gasteiger partial charge >= 0.3 is 0 Å². The van der Waals surface area contributed by atoms with Crippen LogP contribution in [-0.4, -0.2) is 6.54 Å². The maximum absolute atomic E-state index is 5.28. The minimum Gasteiger partial charge on any atom is -0.330 e. The Morgan fingerprint density at radius 1 is 1.38 bits per heavy atom. The van der Waals surface area contributed by atoms with E-state index >= 15 is 0 Å². The number of hydrogen-bond acceptors (Lipinski definition) is 1. The number of rotatable bonds is 4. The van der Waals surface area contributed by atoms with Crippen LogP contribution in [0.4, 0.5) is 0 Å². The van der Waals surface area contributed by atoms with Crippen LogP contribution in [0.2, 0.25) is 0 Å². The molecule has 0 heterocycles. The molecule has 1 nitrogen and oxygen atoms in total. The van der Waals surface area contributed by atoms with Gasteiger partial charge in [-0.05, 0) is 25.8 Å². The Kier molecular flexibility index (Phi) is 6.45. The van der Waals surface area contributed by atoms with Crippen LogP contribution in [0.1, 0.15) is 26.2 Å². The topological polar surface area (TPSA) is 26.0 Å². The summed E-state index contributed by atoms with van der Waals surface area (Å²) in [5.41, 5.74) is 5.28. The first-order chi connectivity index (χ1) is 3.91. The SMILES string of the molecule is CC/C=C\CCCN. The zero-order valence-corrected chi connectivity index (χ0v) is 5.56. The van der Waals surface area contributed by atoms with Crippen molar-refractivity contribution in [2.45, 2.75) is 26.2 Å². The Hall–Kier alpha value is -0.300. The van der Waals surface area contributed by atoms with E-state index in [2.05, 4.69) is 19.1 Å². The van der Waals surface area contributed by atoms with Crippen LogP contribution in [0.25, 0.3) is 0 Å². The Morgan fingerprint density at radius 3 is 2.62 bits per heavy atom. The Balaban J connectivity index is 2.80. The van der Waals surface area contributed by atoms with Gasteiger partial charge in [0.2, 0.25) is 0 Å². The van der Waals surface area contributed by atoms with Crippen molar-refractivity contribution in [3.05, 3.63) is 12.2 Å². The molecule has 0 aromatic heterocycles. The molecule has 0 aliphatic rings. The highest BCUT2D eigenvalue weighted by atomic mass is 14.5. The molecule has 0 rings (SSSR count). The summed E-state index contributed by atoms with van der Waals surface area (Å²) in [6, 6.07) is 0. The first-order valence-electron chi connectivity index (χ1n) is 3.27. The van der Waals surface area contributed by atoms with Crippen molar-refractivity contribution in [2.75, 3.05) is 6.54 Å². The van der Waals surface area contributed by atoms with E-state index in [-0.39, 0.29) is 0 Å². The molecule has 0 atom stereocenters. The maximum atomic E-state index is 5.28. The second-order valence-electron chi connectivity index (χ2n) is 1.81. The molecule has 0 saturated carbocycles. The molecule has 0 amide bonds. The van der Waals surface area contributed by atoms with E-state index in [1.54, 1.807) is 0 Å². The van der Waals surface area contributed by atoms with E-state index in [4.69, 9.17) is 5.73 Å². The lowest BCUT2D eigenvalue weighted by atomic mass is 10.3. The summed E-state index contributed by atoms with van der Waals surface area (Å²) in [5, 5.41) is 0. The lowest BCUT2D eigenvalue weighted by Crippen LogP contribution is -1.96. The highest BCUT2D eigenvalue weighted by Gasteiger charge is 1.74. The maximum Gasteiger partial charge on any atom is -0.00743 e. The zero-order valence-electron chi connectivity index (χ0n) is 5.56. The quantitative estimate of drug-likeness (QED) is 0.435. The second-order valence-corrected chi connectivity index (χ2v) is 1.81. The van der Waals surface area contributed by atoms with Crippen LogP contribution in [0.3, 0.4) is 0 Å². The number of allylic oxidation sites excluding steroid dienone is 2. The van der Waals surface area contributed by atoms with Gasteiger partial charge in [-0.25, -0.2) is 0 Å². The third-order valence-electron chi connectivity index (χ3n) is 0.977. The van der Waals surface area contributed by atoms with E-state index in [0.717, 1.165) is 25.8 Å². The third-order valence-corrected chi connectivity index (χ3v) is 0.977. The van der Waals surface area contributed by atoms with Crippen LogP contribution >= 0.6 is 0 Å². The number of hydrogen-bond donors (Lipinski definition) is 1. The van der Waals surface area contributed by atoms with Gasteiger partial charge in [0.05, 0.1) is 0 Å². The first-order valence-corrected chi connectivity index (χ1v) is 3.27. The summed E-state index contributed by atoms with van der Waals surface area (Å²) >= 11 is 0. The van der Waals surface area contributed by atoms with Gasteiger partial charge in [-0.1, -0.05) is 19.1 Å². The molecule has 2 N–H and O–H groups in total. The molecule has 0 aliphatic carbocycles. The molecule has 48 valence electrons. The van der Waals surface area contributed by atoms with Gasteiger partial charge in [0.1, 0.15) is 0 Å². The molecule has 0 fully saturated rings. The van der Waals surface area contributed by atoms with Gasteiger partial charge < -0.3 is 5.73 Å². The summed E-state index contributed by atoms with van der Waals surface area (Å²) in [7, 11) is 0. The number of unbranched alkanes of at least 4 members (excludes halogenated alkanes) is 1. The van der Waals surface area contributed by atoms with Crippen molar-refractivity contribution in [3.63, 3.8) is 0 Å². The largest absolute Gasteiger partial charge is 0.330 e. The molecule has 0 aliphatic heterocycles. The molecule has 0 saturated heterocycles. The van der Waals surface area contributed by atoms with Crippen molar-refractivity contribution in [2.24, 2.45) is 5.73 Å². The van der Waals surface area contributed by atoms with Crippen molar-refractivity contribution in [1.29, 1.82) is 0 Å². The highest BCUT2D eigenvalue weighted by molar-refractivity contribution is 4.79. The average Bonchev–Trinajstić information content (AvgIpc) is 1.81. The molecule has 0 spiro atoms. The summed E-state index contributed by atoms with van der Waals surface area (Å²) in [4.78, 5) is 0. The monoisotopic (exact) mass is 113 g/mol. The fourth-order valence-electron chi connectivity index (χ4n) is 0.520. The molecular formula is C7H15N. The van der Waals surface area contributed by atoms with Crippen molar-refractivity contribution in [1.82, 2.24) is 0 Å². The summed E-state index contributed by atoms with van der Waals surface area (Å²) in [5.74, 6) is 0. The van der Waals surface area contributed by atoms with Gasteiger partial charge in [0, 0.05) is 0 Å². The lowest BCUT2D eigenvalue weighted by molar-refractivity contribution is 0.852. The van der Waals surface area contributed by atoms with Crippen molar-refractivity contribution >= 4 is 0 Å². The number of nitrogens with two attached hydrogens (primary N) is 1. The van der Waals surface area contributed by atoms with E-state index in [0.29, 0.717) is 0 Å². The molecule has 8 heavy (non-hydrogen) atoms. The van der Waals surface area contributed by atoms with Crippen molar-refractivity contribution < 1.29 is 0 Å². The minimum absolute atomic E-state index is 0.814. The molecular weight excluding hydrogens is 98.1 g/mol. The van der Waals surface area contributed by atoms with Gasteiger partial charge in [0.25, 0.3) is 0 Å². The Labute approximate surface area is 51.6 Å². The van der Waals surface area contributed by atoms with E-state index < -0.39 is 0 Å². The molecule has 0 aromatic carbocycles.